The summed E-state index contributed by atoms with van der Waals surface area (Å²) in [5, 5.41) is 13.7. The SMILES string of the molecule is CCn1c(SCc2nc(CC(C)C)no2)nnc1-c1ccc(C(C)(C)C)cc1. The molecule has 0 bridgehead atoms. The van der Waals surface area contributed by atoms with Crippen LogP contribution in [0.4, 0.5) is 0 Å². The summed E-state index contributed by atoms with van der Waals surface area (Å²) in [5.41, 5.74) is 2.52. The molecule has 0 aliphatic rings. The van der Waals surface area contributed by atoms with Gasteiger partial charge in [-0.15, -0.1) is 10.2 Å². The molecule has 0 aliphatic carbocycles. The number of nitrogens with zero attached hydrogens (tertiary/aromatic N) is 5. The van der Waals surface area contributed by atoms with Gasteiger partial charge >= 0.3 is 0 Å². The van der Waals surface area contributed by atoms with Gasteiger partial charge in [0, 0.05) is 18.5 Å². The molecule has 0 amide bonds. The van der Waals surface area contributed by atoms with Gasteiger partial charge in [0.2, 0.25) is 5.89 Å². The fourth-order valence-corrected chi connectivity index (χ4v) is 3.78. The lowest BCUT2D eigenvalue weighted by Crippen LogP contribution is -2.10. The van der Waals surface area contributed by atoms with E-state index in [0.29, 0.717) is 17.6 Å². The van der Waals surface area contributed by atoms with Crippen molar-refractivity contribution in [3.8, 4) is 11.4 Å². The zero-order chi connectivity index (χ0) is 20.3. The van der Waals surface area contributed by atoms with Crippen molar-refractivity contribution in [1.82, 2.24) is 24.9 Å². The Kier molecular flexibility index (Phi) is 6.23. The van der Waals surface area contributed by atoms with Gasteiger partial charge in [-0.05, 0) is 23.8 Å². The van der Waals surface area contributed by atoms with Crippen molar-refractivity contribution in [2.75, 3.05) is 0 Å². The van der Waals surface area contributed by atoms with Gasteiger partial charge < -0.3 is 9.09 Å². The molecule has 2 heterocycles. The first-order chi connectivity index (χ1) is 13.3. The smallest absolute Gasteiger partial charge is 0.237 e. The van der Waals surface area contributed by atoms with Gasteiger partial charge in [0.25, 0.3) is 0 Å². The first kappa shape index (κ1) is 20.6. The van der Waals surface area contributed by atoms with Crippen LogP contribution >= 0.6 is 11.8 Å². The van der Waals surface area contributed by atoms with E-state index in [1.165, 1.54) is 5.56 Å². The maximum atomic E-state index is 5.36. The van der Waals surface area contributed by atoms with Crippen LogP contribution < -0.4 is 0 Å². The normalized spacial score (nSPS) is 12.1. The molecular formula is C21H29N5OS. The van der Waals surface area contributed by atoms with Crippen molar-refractivity contribution >= 4 is 11.8 Å². The second-order valence-corrected chi connectivity index (χ2v) is 9.31. The third-order valence-electron chi connectivity index (χ3n) is 4.47. The highest BCUT2D eigenvalue weighted by Gasteiger charge is 2.17. The van der Waals surface area contributed by atoms with Crippen molar-refractivity contribution in [2.45, 2.75) is 70.8 Å². The molecule has 0 aliphatic heterocycles. The van der Waals surface area contributed by atoms with Crippen LogP contribution in [0.25, 0.3) is 11.4 Å². The lowest BCUT2D eigenvalue weighted by molar-refractivity contribution is 0.382. The van der Waals surface area contributed by atoms with Crippen LogP contribution in [0.3, 0.4) is 0 Å². The molecule has 0 N–H and O–H groups in total. The highest BCUT2D eigenvalue weighted by atomic mass is 32.2. The highest BCUT2D eigenvalue weighted by Crippen LogP contribution is 2.28. The van der Waals surface area contributed by atoms with E-state index in [-0.39, 0.29) is 5.41 Å². The molecule has 0 saturated heterocycles. The van der Waals surface area contributed by atoms with Crippen LogP contribution in [0.2, 0.25) is 0 Å². The number of thioether (sulfide) groups is 1. The Bertz CT molecular complexity index is 906. The van der Waals surface area contributed by atoms with Gasteiger partial charge in [0.1, 0.15) is 0 Å². The molecule has 0 spiro atoms. The molecule has 0 atom stereocenters. The number of hydrogen-bond acceptors (Lipinski definition) is 6. The molecule has 28 heavy (non-hydrogen) atoms. The third kappa shape index (κ3) is 4.82. The Labute approximate surface area is 171 Å². The summed E-state index contributed by atoms with van der Waals surface area (Å²) in [6.45, 7) is 13.8. The zero-order valence-corrected chi connectivity index (χ0v) is 18.4. The fraction of sp³-hybridized carbons (Fsp3) is 0.524. The van der Waals surface area contributed by atoms with E-state index in [0.717, 1.165) is 35.3 Å². The van der Waals surface area contributed by atoms with E-state index in [4.69, 9.17) is 4.52 Å². The van der Waals surface area contributed by atoms with Crippen LogP contribution in [-0.4, -0.2) is 24.9 Å². The lowest BCUT2D eigenvalue weighted by atomic mass is 9.87. The summed E-state index contributed by atoms with van der Waals surface area (Å²) >= 11 is 1.57. The summed E-state index contributed by atoms with van der Waals surface area (Å²) in [6.07, 6.45) is 0.827. The number of hydrogen-bond donors (Lipinski definition) is 0. The maximum absolute atomic E-state index is 5.36. The highest BCUT2D eigenvalue weighted by molar-refractivity contribution is 7.98. The summed E-state index contributed by atoms with van der Waals surface area (Å²) in [6, 6.07) is 8.60. The van der Waals surface area contributed by atoms with E-state index in [2.05, 4.69) is 90.7 Å². The zero-order valence-electron chi connectivity index (χ0n) is 17.6. The molecule has 2 aromatic heterocycles. The number of benzene rings is 1. The molecule has 3 aromatic rings. The monoisotopic (exact) mass is 399 g/mol. The summed E-state index contributed by atoms with van der Waals surface area (Å²) < 4.78 is 7.48. The van der Waals surface area contributed by atoms with Crippen LogP contribution in [-0.2, 0) is 24.1 Å². The first-order valence-corrected chi connectivity index (χ1v) is 10.7. The molecular weight excluding hydrogens is 370 g/mol. The minimum Gasteiger partial charge on any atom is -0.338 e. The lowest BCUT2D eigenvalue weighted by Gasteiger charge is -2.19. The van der Waals surface area contributed by atoms with Crippen molar-refractivity contribution in [1.29, 1.82) is 0 Å². The number of aromatic nitrogens is 5. The fourth-order valence-electron chi connectivity index (χ4n) is 2.94. The molecule has 3 rings (SSSR count). The Morgan fingerprint density at radius 2 is 1.82 bits per heavy atom. The second-order valence-electron chi connectivity index (χ2n) is 8.37. The van der Waals surface area contributed by atoms with E-state index < -0.39 is 0 Å². The predicted octanol–water partition coefficient (Wildman–Crippen LogP) is 5.14. The second kappa shape index (κ2) is 8.47. The third-order valence-corrected chi connectivity index (χ3v) is 5.42. The molecule has 150 valence electrons. The molecule has 7 heteroatoms. The van der Waals surface area contributed by atoms with Gasteiger partial charge in [0.15, 0.2) is 16.8 Å². The van der Waals surface area contributed by atoms with Crippen molar-refractivity contribution in [3.05, 3.63) is 41.5 Å². The van der Waals surface area contributed by atoms with Gasteiger partial charge in [-0.3, -0.25) is 0 Å². The van der Waals surface area contributed by atoms with Crippen molar-refractivity contribution in [3.63, 3.8) is 0 Å². The van der Waals surface area contributed by atoms with Crippen LogP contribution in [0.5, 0.6) is 0 Å². The molecule has 6 nitrogen and oxygen atoms in total. The van der Waals surface area contributed by atoms with Crippen molar-refractivity contribution in [2.24, 2.45) is 5.92 Å². The van der Waals surface area contributed by atoms with Crippen LogP contribution in [0.1, 0.15) is 58.8 Å². The average molecular weight is 400 g/mol. The standard InChI is InChI=1S/C21H29N5OS/c1-7-26-19(15-8-10-16(11-9-15)21(4,5)6)23-24-20(26)28-13-18-22-17(25-27-18)12-14(2)3/h8-11,14H,7,12-13H2,1-6H3. The quantitative estimate of drug-likeness (QED) is 0.513. The molecule has 1 aromatic carbocycles. The van der Waals surface area contributed by atoms with Crippen LogP contribution in [0.15, 0.2) is 33.9 Å². The van der Waals surface area contributed by atoms with Gasteiger partial charge in [-0.25, -0.2) is 0 Å². The van der Waals surface area contributed by atoms with E-state index >= 15 is 0 Å². The predicted molar refractivity (Wildman–Crippen MR) is 112 cm³/mol. The molecule has 0 unspecified atom stereocenters. The van der Waals surface area contributed by atoms with E-state index in [1.54, 1.807) is 11.8 Å². The Morgan fingerprint density at radius 1 is 1.11 bits per heavy atom. The Hall–Kier alpha value is -2.15. The van der Waals surface area contributed by atoms with Crippen LogP contribution in [0, 0.1) is 5.92 Å². The largest absolute Gasteiger partial charge is 0.338 e. The molecule has 0 saturated carbocycles. The Morgan fingerprint density at radius 3 is 2.43 bits per heavy atom. The van der Waals surface area contributed by atoms with E-state index in [9.17, 15) is 0 Å². The molecule has 0 fully saturated rings. The van der Waals surface area contributed by atoms with Gasteiger partial charge in [-0.2, -0.15) is 4.98 Å². The minimum atomic E-state index is 0.135. The average Bonchev–Trinajstić information content (AvgIpc) is 3.25. The van der Waals surface area contributed by atoms with Gasteiger partial charge in [0.05, 0.1) is 5.75 Å². The topological polar surface area (TPSA) is 69.6 Å². The number of rotatable bonds is 7. The summed E-state index contributed by atoms with van der Waals surface area (Å²) in [4.78, 5) is 4.46. The first-order valence-electron chi connectivity index (χ1n) is 9.76. The minimum absolute atomic E-state index is 0.135. The Balaban J connectivity index is 1.74. The maximum Gasteiger partial charge on any atom is 0.237 e. The molecule has 0 radical (unpaired) electrons. The van der Waals surface area contributed by atoms with Crippen molar-refractivity contribution < 1.29 is 4.52 Å². The van der Waals surface area contributed by atoms with Gasteiger partial charge in [-0.1, -0.05) is 75.8 Å². The summed E-state index contributed by atoms with van der Waals surface area (Å²) in [7, 11) is 0. The summed E-state index contributed by atoms with van der Waals surface area (Å²) in [5.74, 6) is 3.38. The van der Waals surface area contributed by atoms with E-state index in [1.807, 2.05) is 0 Å².